The third-order valence-electron chi connectivity index (χ3n) is 5.72. The van der Waals surface area contributed by atoms with Crippen molar-refractivity contribution in [1.82, 2.24) is 0 Å². The van der Waals surface area contributed by atoms with E-state index in [2.05, 4.69) is 90.1 Å². The standard InChI is InChI=1S/C27H32/c1-7-24(25-14-10-19(3)16-21(25)5)27(23-12-8-18(2)9-13-23)26-15-11-20(4)17-22(26)6/h8-9,11-13,15-17H,7,10,14H2,1-6H3/b27-24+. The molecule has 0 unspecified atom stereocenters. The van der Waals surface area contributed by atoms with Gasteiger partial charge in [-0.3, -0.25) is 0 Å². The second-order valence-corrected chi connectivity index (χ2v) is 8.04. The summed E-state index contributed by atoms with van der Waals surface area (Å²) in [7, 11) is 0. The van der Waals surface area contributed by atoms with E-state index < -0.39 is 0 Å². The molecular formula is C27H32. The number of benzene rings is 2. The largest absolute Gasteiger partial charge is 0.0727 e. The highest BCUT2D eigenvalue weighted by Gasteiger charge is 2.19. The van der Waals surface area contributed by atoms with Crippen molar-refractivity contribution in [1.29, 1.82) is 0 Å². The smallest absolute Gasteiger partial charge is 0.00739 e. The maximum absolute atomic E-state index is 2.38. The van der Waals surface area contributed by atoms with Gasteiger partial charge in [-0.2, -0.15) is 0 Å². The molecule has 0 nitrogen and oxygen atoms in total. The van der Waals surface area contributed by atoms with Crippen LogP contribution in [0.4, 0.5) is 0 Å². The van der Waals surface area contributed by atoms with Crippen LogP contribution < -0.4 is 0 Å². The van der Waals surface area contributed by atoms with Crippen molar-refractivity contribution in [3.05, 3.63) is 98.7 Å². The highest BCUT2D eigenvalue weighted by Crippen LogP contribution is 2.39. The Morgan fingerprint density at radius 3 is 2.07 bits per heavy atom. The second kappa shape index (κ2) is 8.13. The summed E-state index contributed by atoms with van der Waals surface area (Å²) in [5.41, 5.74) is 14.1. The molecule has 3 rings (SSSR count). The van der Waals surface area contributed by atoms with Crippen LogP contribution in [0.2, 0.25) is 0 Å². The van der Waals surface area contributed by atoms with Crippen molar-refractivity contribution in [2.24, 2.45) is 0 Å². The molecule has 1 aliphatic rings. The van der Waals surface area contributed by atoms with Crippen LogP contribution in [0.1, 0.15) is 67.9 Å². The van der Waals surface area contributed by atoms with Gasteiger partial charge in [0, 0.05) is 0 Å². The molecular weight excluding hydrogens is 324 g/mol. The van der Waals surface area contributed by atoms with Crippen molar-refractivity contribution < 1.29 is 0 Å². The molecule has 1 aliphatic carbocycles. The minimum absolute atomic E-state index is 1.05. The van der Waals surface area contributed by atoms with Gasteiger partial charge in [0.15, 0.2) is 0 Å². The number of rotatable bonds is 4. The van der Waals surface area contributed by atoms with Crippen molar-refractivity contribution in [3.8, 4) is 0 Å². The van der Waals surface area contributed by atoms with E-state index in [1.807, 2.05) is 0 Å². The molecule has 0 N–H and O–H groups in total. The van der Waals surface area contributed by atoms with E-state index in [1.165, 1.54) is 56.5 Å². The molecule has 0 aromatic heterocycles. The topological polar surface area (TPSA) is 0 Å². The van der Waals surface area contributed by atoms with Crippen molar-refractivity contribution in [2.45, 2.75) is 60.8 Å². The van der Waals surface area contributed by atoms with E-state index in [0.717, 1.165) is 12.8 Å². The van der Waals surface area contributed by atoms with Gasteiger partial charge in [-0.05, 0) is 92.9 Å². The van der Waals surface area contributed by atoms with Crippen LogP contribution in [0.15, 0.2) is 70.8 Å². The zero-order valence-corrected chi connectivity index (χ0v) is 17.7. The van der Waals surface area contributed by atoms with Gasteiger partial charge in [0.2, 0.25) is 0 Å². The summed E-state index contributed by atoms with van der Waals surface area (Å²) in [6.07, 6.45) is 5.75. The normalized spacial score (nSPS) is 15.6. The van der Waals surface area contributed by atoms with Crippen molar-refractivity contribution >= 4 is 5.57 Å². The van der Waals surface area contributed by atoms with Gasteiger partial charge in [-0.1, -0.05) is 72.2 Å². The number of aryl methyl sites for hydroxylation is 3. The van der Waals surface area contributed by atoms with Gasteiger partial charge in [0.05, 0.1) is 0 Å². The molecule has 0 saturated heterocycles. The third-order valence-corrected chi connectivity index (χ3v) is 5.72. The van der Waals surface area contributed by atoms with Gasteiger partial charge >= 0.3 is 0 Å². The summed E-state index contributed by atoms with van der Waals surface area (Å²) in [6, 6.07) is 15.9. The Labute approximate surface area is 165 Å². The zero-order valence-electron chi connectivity index (χ0n) is 17.7. The summed E-state index contributed by atoms with van der Waals surface area (Å²) < 4.78 is 0. The first kappa shape index (κ1) is 19.4. The highest BCUT2D eigenvalue weighted by atomic mass is 14.2. The van der Waals surface area contributed by atoms with E-state index in [-0.39, 0.29) is 0 Å². The van der Waals surface area contributed by atoms with Crippen LogP contribution in [-0.2, 0) is 0 Å². The SMILES string of the molecule is CC/C(C1=C(C)C=C(C)CC1)=C(/c1ccc(C)cc1)c1ccc(C)cc1C. The maximum Gasteiger partial charge on any atom is -0.00739 e. The van der Waals surface area contributed by atoms with Crippen molar-refractivity contribution in [3.63, 3.8) is 0 Å². The van der Waals surface area contributed by atoms with E-state index in [9.17, 15) is 0 Å². The predicted molar refractivity (Wildman–Crippen MR) is 119 cm³/mol. The van der Waals surface area contributed by atoms with Crippen LogP contribution in [0.5, 0.6) is 0 Å². The lowest BCUT2D eigenvalue weighted by Gasteiger charge is -2.24. The van der Waals surface area contributed by atoms with E-state index in [1.54, 1.807) is 5.57 Å². The quantitative estimate of drug-likeness (QED) is 0.522. The van der Waals surface area contributed by atoms with Gasteiger partial charge in [-0.15, -0.1) is 0 Å². The van der Waals surface area contributed by atoms with Crippen LogP contribution in [0.3, 0.4) is 0 Å². The first-order valence-electron chi connectivity index (χ1n) is 10.2. The first-order chi connectivity index (χ1) is 12.9. The number of hydrogen-bond donors (Lipinski definition) is 0. The minimum Gasteiger partial charge on any atom is -0.0727 e. The predicted octanol–water partition coefficient (Wildman–Crippen LogP) is 7.88. The average Bonchev–Trinajstić information content (AvgIpc) is 2.62. The van der Waals surface area contributed by atoms with E-state index in [0.29, 0.717) is 0 Å². The number of allylic oxidation sites excluding steroid dienone is 5. The Bertz CT molecular complexity index is 931. The highest BCUT2D eigenvalue weighted by molar-refractivity contribution is 5.86. The Hall–Kier alpha value is -2.34. The summed E-state index contributed by atoms with van der Waals surface area (Å²) >= 11 is 0. The Morgan fingerprint density at radius 2 is 1.48 bits per heavy atom. The molecule has 0 saturated carbocycles. The summed E-state index contributed by atoms with van der Waals surface area (Å²) in [5.74, 6) is 0. The lowest BCUT2D eigenvalue weighted by atomic mass is 9.81. The molecule has 0 heterocycles. The molecule has 140 valence electrons. The Balaban J connectivity index is 2.32. The average molecular weight is 357 g/mol. The molecule has 0 amide bonds. The molecule has 0 fully saturated rings. The van der Waals surface area contributed by atoms with Gasteiger partial charge in [0.25, 0.3) is 0 Å². The fraction of sp³-hybridized carbons (Fsp3) is 0.333. The third kappa shape index (κ3) is 4.16. The second-order valence-electron chi connectivity index (χ2n) is 8.04. The molecule has 2 aromatic carbocycles. The van der Waals surface area contributed by atoms with Gasteiger partial charge in [-0.25, -0.2) is 0 Å². The van der Waals surface area contributed by atoms with Gasteiger partial charge in [0.1, 0.15) is 0 Å². The van der Waals surface area contributed by atoms with E-state index in [4.69, 9.17) is 0 Å². The molecule has 0 atom stereocenters. The first-order valence-corrected chi connectivity index (χ1v) is 10.2. The molecule has 27 heavy (non-hydrogen) atoms. The molecule has 0 bridgehead atoms. The van der Waals surface area contributed by atoms with Crippen LogP contribution >= 0.6 is 0 Å². The lowest BCUT2D eigenvalue weighted by molar-refractivity contribution is 0.877. The molecule has 0 heteroatoms. The van der Waals surface area contributed by atoms with Crippen LogP contribution in [-0.4, -0.2) is 0 Å². The molecule has 0 spiro atoms. The van der Waals surface area contributed by atoms with Crippen LogP contribution in [0.25, 0.3) is 5.57 Å². The Morgan fingerprint density at radius 1 is 0.815 bits per heavy atom. The molecule has 2 aromatic rings. The zero-order chi connectivity index (χ0) is 19.6. The summed E-state index contributed by atoms with van der Waals surface area (Å²) in [4.78, 5) is 0. The minimum atomic E-state index is 1.05. The maximum atomic E-state index is 2.38. The fourth-order valence-electron chi connectivity index (χ4n) is 4.28. The fourth-order valence-corrected chi connectivity index (χ4v) is 4.28. The molecule has 0 aliphatic heterocycles. The lowest BCUT2D eigenvalue weighted by Crippen LogP contribution is -2.04. The molecule has 0 radical (unpaired) electrons. The summed E-state index contributed by atoms with van der Waals surface area (Å²) in [5, 5.41) is 0. The summed E-state index contributed by atoms with van der Waals surface area (Å²) in [6.45, 7) is 13.4. The monoisotopic (exact) mass is 356 g/mol. The van der Waals surface area contributed by atoms with Gasteiger partial charge < -0.3 is 0 Å². The Kier molecular flexibility index (Phi) is 5.85. The van der Waals surface area contributed by atoms with E-state index >= 15 is 0 Å². The van der Waals surface area contributed by atoms with Crippen molar-refractivity contribution in [2.75, 3.05) is 0 Å². The van der Waals surface area contributed by atoms with Crippen LogP contribution in [0, 0.1) is 20.8 Å². The number of hydrogen-bond acceptors (Lipinski definition) is 0.